The average molecular weight is 398 g/mol. The molecular weight excluding hydrogens is 362 g/mol. The van der Waals surface area contributed by atoms with Gasteiger partial charge >= 0.3 is 6.09 Å². The molecule has 1 N–H and O–H groups in total. The number of hydrogen-bond acceptors (Lipinski definition) is 6. The van der Waals surface area contributed by atoms with Gasteiger partial charge in [0.05, 0.1) is 24.7 Å². The van der Waals surface area contributed by atoms with Gasteiger partial charge in [0, 0.05) is 20.2 Å². The molecule has 4 aliphatic rings. The summed E-state index contributed by atoms with van der Waals surface area (Å²) >= 11 is 0. The number of hydrogen-bond donors (Lipinski definition) is 1. The van der Waals surface area contributed by atoms with Crippen molar-refractivity contribution in [2.24, 2.45) is 11.8 Å². The number of methoxy groups -OCH3 is 1. The van der Waals surface area contributed by atoms with Crippen molar-refractivity contribution in [3.8, 4) is 0 Å². The summed E-state index contributed by atoms with van der Waals surface area (Å²) in [7, 11) is 1.69. The van der Waals surface area contributed by atoms with E-state index < -0.39 is 6.10 Å². The highest BCUT2D eigenvalue weighted by Gasteiger charge is 2.72. The Morgan fingerprint density at radius 1 is 1.36 bits per heavy atom. The lowest BCUT2D eigenvalue weighted by atomic mass is 9.68. The highest BCUT2D eigenvalue weighted by Crippen LogP contribution is 2.59. The number of β-amino-alcohol motifs (C(OH)–C–C–N with tert-alkyl or cyclic N) is 1. The van der Waals surface area contributed by atoms with Crippen LogP contribution in [-0.2, 0) is 18.9 Å². The fourth-order valence-corrected chi connectivity index (χ4v) is 5.39. The molecule has 0 aromatic heterocycles. The zero-order valence-corrected chi connectivity index (χ0v) is 17.6. The van der Waals surface area contributed by atoms with Gasteiger partial charge in [0.2, 0.25) is 0 Å². The number of ether oxygens (including phenoxy) is 4. The first-order valence-corrected chi connectivity index (χ1v) is 10.8. The minimum Gasteiger partial charge on any atom is -0.443 e. The summed E-state index contributed by atoms with van der Waals surface area (Å²) in [6.45, 7) is 8.24. The number of carbonyl (C=O) groups is 1. The van der Waals surface area contributed by atoms with Crippen LogP contribution in [0, 0.1) is 11.8 Å². The molecule has 2 unspecified atom stereocenters. The van der Waals surface area contributed by atoms with E-state index in [4.69, 9.17) is 18.9 Å². The topological polar surface area (TPSA) is 84.1 Å². The second-order valence-corrected chi connectivity index (χ2v) is 9.64. The van der Waals surface area contributed by atoms with Gasteiger partial charge in [0.25, 0.3) is 0 Å². The predicted molar refractivity (Wildman–Crippen MR) is 102 cm³/mol. The highest BCUT2D eigenvalue weighted by atomic mass is 16.6. The fourth-order valence-electron chi connectivity index (χ4n) is 5.39. The molecule has 1 saturated carbocycles. The minimum atomic E-state index is -0.450. The highest BCUT2D eigenvalue weighted by molar-refractivity contribution is 5.68. The summed E-state index contributed by atoms with van der Waals surface area (Å²) in [5.74, 6) is 0.701. The molecule has 160 valence electrons. The Morgan fingerprint density at radius 2 is 2.11 bits per heavy atom. The van der Waals surface area contributed by atoms with E-state index in [1.54, 1.807) is 12.0 Å². The molecule has 7 atom stereocenters. The molecule has 1 amide bonds. The first kappa shape index (κ1) is 20.4. The monoisotopic (exact) mass is 397 g/mol. The van der Waals surface area contributed by atoms with Crippen LogP contribution in [0.2, 0.25) is 0 Å². The van der Waals surface area contributed by atoms with Crippen molar-refractivity contribution in [2.45, 2.75) is 88.5 Å². The summed E-state index contributed by atoms with van der Waals surface area (Å²) in [5.41, 5.74) is -0.490. The Kier molecular flexibility index (Phi) is 5.40. The standard InChI is InChI=1S/C21H35NO6/c1-13(2)5-6-16-20(3,28-16)18-17(25-4)15(7-9-21(18)12-26-21)27-19(24)22-10-8-14(23)11-22/h13-18,23H,5-12H2,1-4H3/t14?,15-,16-,17-,18?,20+,21+/m1/s1. The van der Waals surface area contributed by atoms with Gasteiger partial charge in [-0.3, -0.25) is 0 Å². The lowest BCUT2D eigenvalue weighted by Gasteiger charge is -2.43. The lowest BCUT2D eigenvalue weighted by Crippen LogP contribution is -2.56. The molecular formula is C21H35NO6. The first-order chi connectivity index (χ1) is 13.3. The van der Waals surface area contributed by atoms with E-state index >= 15 is 0 Å². The third-order valence-corrected chi connectivity index (χ3v) is 7.18. The SMILES string of the molecule is CO[C@H]1C([C@@]2(C)O[C@@H]2CCC(C)C)[C@]2(CC[C@H]1OC(=O)N1CCC(O)C1)CO2. The summed E-state index contributed by atoms with van der Waals surface area (Å²) in [6, 6.07) is 0. The van der Waals surface area contributed by atoms with Crippen molar-refractivity contribution < 1.29 is 28.8 Å². The van der Waals surface area contributed by atoms with Crippen LogP contribution in [0.15, 0.2) is 0 Å². The number of epoxide rings is 2. The molecule has 4 rings (SSSR count). The summed E-state index contributed by atoms with van der Waals surface area (Å²) in [4.78, 5) is 14.2. The van der Waals surface area contributed by atoms with E-state index in [0.29, 0.717) is 25.4 Å². The molecule has 7 nitrogen and oxygen atoms in total. The van der Waals surface area contributed by atoms with Crippen molar-refractivity contribution >= 4 is 6.09 Å². The summed E-state index contributed by atoms with van der Waals surface area (Å²) in [6.07, 6.45) is 3.20. The van der Waals surface area contributed by atoms with Crippen LogP contribution in [0.1, 0.15) is 52.9 Å². The minimum absolute atomic E-state index is 0.0536. The maximum Gasteiger partial charge on any atom is 0.410 e. The van der Waals surface area contributed by atoms with E-state index in [9.17, 15) is 9.90 Å². The maximum atomic E-state index is 12.6. The van der Waals surface area contributed by atoms with Crippen LogP contribution in [0.3, 0.4) is 0 Å². The van der Waals surface area contributed by atoms with E-state index in [2.05, 4.69) is 20.8 Å². The number of likely N-dealkylation sites (tertiary alicyclic amines) is 1. The van der Waals surface area contributed by atoms with Gasteiger partial charge in [0.15, 0.2) is 0 Å². The first-order valence-electron chi connectivity index (χ1n) is 10.8. The van der Waals surface area contributed by atoms with Crippen LogP contribution in [-0.4, -0.2) is 78.5 Å². The molecule has 1 aliphatic carbocycles. The molecule has 0 bridgehead atoms. The fraction of sp³-hybridized carbons (Fsp3) is 0.952. The molecule has 0 aromatic rings. The second kappa shape index (κ2) is 7.42. The van der Waals surface area contributed by atoms with Crippen molar-refractivity contribution in [3.05, 3.63) is 0 Å². The maximum absolute atomic E-state index is 12.6. The Labute approximate surface area is 167 Å². The number of nitrogens with zero attached hydrogens (tertiary/aromatic N) is 1. The van der Waals surface area contributed by atoms with Crippen LogP contribution in [0.25, 0.3) is 0 Å². The van der Waals surface area contributed by atoms with Crippen molar-refractivity contribution in [3.63, 3.8) is 0 Å². The predicted octanol–water partition coefficient (Wildman–Crippen LogP) is 2.35. The quantitative estimate of drug-likeness (QED) is 0.693. The van der Waals surface area contributed by atoms with Crippen LogP contribution >= 0.6 is 0 Å². The van der Waals surface area contributed by atoms with Crippen LogP contribution < -0.4 is 0 Å². The smallest absolute Gasteiger partial charge is 0.410 e. The van der Waals surface area contributed by atoms with Gasteiger partial charge in [-0.05, 0) is 44.9 Å². The summed E-state index contributed by atoms with van der Waals surface area (Å²) in [5, 5.41) is 9.70. The van der Waals surface area contributed by atoms with Gasteiger partial charge in [-0.2, -0.15) is 0 Å². The van der Waals surface area contributed by atoms with E-state index in [0.717, 1.165) is 32.3 Å². The largest absolute Gasteiger partial charge is 0.443 e. The Morgan fingerprint density at radius 3 is 2.68 bits per heavy atom. The van der Waals surface area contributed by atoms with Gasteiger partial charge in [-0.25, -0.2) is 4.79 Å². The second-order valence-electron chi connectivity index (χ2n) is 9.64. The Balaban J connectivity index is 1.45. The van der Waals surface area contributed by atoms with Crippen LogP contribution in [0.5, 0.6) is 0 Å². The number of carbonyl (C=O) groups excluding carboxylic acids is 1. The van der Waals surface area contributed by atoms with Crippen LogP contribution in [0.4, 0.5) is 4.79 Å². The molecule has 7 heteroatoms. The Bertz CT molecular complexity index is 593. The van der Waals surface area contributed by atoms with Crippen molar-refractivity contribution in [1.82, 2.24) is 4.90 Å². The molecule has 3 saturated heterocycles. The van der Waals surface area contributed by atoms with E-state index in [-0.39, 0.29) is 41.5 Å². The van der Waals surface area contributed by atoms with Crippen molar-refractivity contribution in [1.29, 1.82) is 0 Å². The third-order valence-electron chi connectivity index (χ3n) is 7.18. The number of rotatable bonds is 6. The van der Waals surface area contributed by atoms with Gasteiger partial charge < -0.3 is 29.0 Å². The number of amides is 1. The zero-order chi connectivity index (χ0) is 20.1. The summed E-state index contributed by atoms with van der Waals surface area (Å²) < 4.78 is 24.0. The molecule has 0 aromatic carbocycles. The number of aliphatic hydroxyl groups is 1. The Hall–Kier alpha value is -0.890. The lowest BCUT2D eigenvalue weighted by molar-refractivity contribution is -0.121. The molecule has 28 heavy (non-hydrogen) atoms. The average Bonchev–Trinajstić information content (AvgIpc) is 3.51. The van der Waals surface area contributed by atoms with E-state index in [1.165, 1.54) is 0 Å². The molecule has 3 aliphatic heterocycles. The van der Waals surface area contributed by atoms with E-state index in [1.807, 2.05) is 0 Å². The van der Waals surface area contributed by atoms with Gasteiger partial charge in [-0.15, -0.1) is 0 Å². The normalized spacial score (nSPS) is 44.9. The third kappa shape index (κ3) is 3.66. The molecule has 1 spiro atoms. The molecule has 3 heterocycles. The molecule has 4 fully saturated rings. The van der Waals surface area contributed by atoms with Crippen molar-refractivity contribution in [2.75, 3.05) is 26.8 Å². The molecule has 0 radical (unpaired) electrons. The van der Waals surface area contributed by atoms with Gasteiger partial charge in [0.1, 0.15) is 23.4 Å². The van der Waals surface area contributed by atoms with Gasteiger partial charge in [-0.1, -0.05) is 13.8 Å². The number of aliphatic hydroxyl groups excluding tert-OH is 1. The zero-order valence-electron chi connectivity index (χ0n) is 17.6.